The molecule has 0 amide bonds. The van der Waals surface area contributed by atoms with Crippen LogP contribution in [0.4, 0.5) is 0 Å². The van der Waals surface area contributed by atoms with Crippen LogP contribution in [0.5, 0.6) is 5.75 Å². The summed E-state index contributed by atoms with van der Waals surface area (Å²) in [6, 6.07) is 6.41. The summed E-state index contributed by atoms with van der Waals surface area (Å²) in [5.41, 5.74) is 2.79. The van der Waals surface area contributed by atoms with E-state index >= 15 is 0 Å². The lowest BCUT2D eigenvalue weighted by atomic mass is 9.86. The van der Waals surface area contributed by atoms with Crippen LogP contribution < -0.4 is 0 Å². The van der Waals surface area contributed by atoms with E-state index in [2.05, 4.69) is 25.0 Å². The van der Waals surface area contributed by atoms with E-state index in [1.807, 2.05) is 12.1 Å². The average molecular weight is 264 g/mol. The Balaban J connectivity index is 1.84. The number of hydrogen-bond donors (Lipinski definition) is 1. The first-order chi connectivity index (χ1) is 8.74. The van der Waals surface area contributed by atoms with Crippen LogP contribution in [-0.2, 0) is 6.42 Å². The lowest BCUT2D eigenvalue weighted by molar-refractivity contribution is 0.129. The number of benzene rings is 1. The van der Waals surface area contributed by atoms with Crippen molar-refractivity contribution in [3.8, 4) is 5.75 Å². The third-order valence-electron chi connectivity index (χ3n) is 4.20. The molecule has 0 bridgehead atoms. The highest BCUT2D eigenvalue weighted by Crippen LogP contribution is 2.36. The highest BCUT2D eigenvalue weighted by Gasteiger charge is 2.28. The molecule has 4 heteroatoms. The van der Waals surface area contributed by atoms with Crippen LogP contribution in [0, 0.1) is 0 Å². The van der Waals surface area contributed by atoms with Gasteiger partial charge in [0, 0.05) is 32.2 Å². The summed E-state index contributed by atoms with van der Waals surface area (Å²) in [7, 11) is 2.80. The fourth-order valence-electron chi connectivity index (χ4n) is 3.19. The predicted molar refractivity (Wildman–Crippen MR) is 76.6 cm³/mol. The number of rotatable bonds is 1. The highest BCUT2D eigenvalue weighted by molar-refractivity contribution is 7.13. The Bertz CT molecular complexity index is 430. The van der Waals surface area contributed by atoms with Crippen LogP contribution >= 0.6 is 9.39 Å². The summed E-state index contributed by atoms with van der Waals surface area (Å²) >= 11 is 0. The van der Waals surface area contributed by atoms with Gasteiger partial charge in [0.25, 0.3) is 0 Å². The molecule has 2 atom stereocenters. The van der Waals surface area contributed by atoms with Crippen molar-refractivity contribution in [2.75, 3.05) is 26.2 Å². The second-order valence-corrected chi connectivity index (χ2v) is 6.09. The van der Waals surface area contributed by atoms with Crippen molar-refractivity contribution in [3.63, 3.8) is 0 Å². The van der Waals surface area contributed by atoms with Crippen molar-refractivity contribution in [2.45, 2.75) is 25.3 Å². The third-order valence-corrected chi connectivity index (χ3v) is 4.72. The van der Waals surface area contributed by atoms with E-state index in [0.717, 1.165) is 32.6 Å². The van der Waals surface area contributed by atoms with E-state index in [1.54, 1.807) is 0 Å². The zero-order valence-electron chi connectivity index (χ0n) is 10.7. The third kappa shape index (κ3) is 2.40. The average Bonchev–Trinajstić information content (AvgIpc) is 2.39. The Hall–Kier alpha value is -0.630. The maximum Gasteiger partial charge on any atom is 0.115 e. The fraction of sp³-hybridized carbons (Fsp3) is 0.571. The summed E-state index contributed by atoms with van der Waals surface area (Å²) in [4.78, 5) is 2.58. The van der Waals surface area contributed by atoms with E-state index in [-0.39, 0.29) is 0 Å². The van der Waals surface area contributed by atoms with Crippen LogP contribution in [0.3, 0.4) is 0 Å². The van der Waals surface area contributed by atoms with Gasteiger partial charge in [-0.15, -0.1) is 0 Å². The predicted octanol–water partition coefficient (Wildman–Crippen LogP) is 2.18. The quantitative estimate of drug-likeness (QED) is 0.788. The zero-order valence-corrected chi connectivity index (χ0v) is 11.8. The lowest BCUT2D eigenvalue weighted by Crippen LogP contribution is -2.44. The van der Waals surface area contributed by atoms with Gasteiger partial charge in [-0.05, 0) is 42.5 Å². The summed E-state index contributed by atoms with van der Waals surface area (Å²) in [6.45, 7) is 4.50. The monoisotopic (exact) mass is 264 g/mol. The standard InChI is InChI=1S/C14H21N2OP/c17-12-5-4-11-2-1-3-14(13(11)10-12)15-6-8-16(18)9-7-15/h4-5,10,14,17H,1-3,6-9,18H2. The van der Waals surface area contributed by atoms with Crippen molar-refractivity contribution >= 4 is 9.39 Å². The van der Waals surface area contributed by atoms with Crippen molar-refractivity contribution < 1.29 is 5.11 Å². The van der Waals surface area contributed by atoms with Gasteiger partial charge in [0.15, 0.2) is 0 Å². The molecule has 1 aliphatic carbocycles. The van der Waals surface area contributed by atoms with Crippen molar-refractivity contribution in [1.29, 1.82) is 0 Å². The number of hydrogen-bond acceptors (Lipinski definition) is 3. The SMILES string of the molecule is Oc1ccc2c(c1)C(N1CCN(P)CC1)CCC2. The minimum Gasteiger partial charge on any atom is -0.508 e. The molecule has 98 valence electrons. The molecule has 1 heterocycles. The molecule has 1 N–H and O–H groups in total. The number of phenols is 1. The molecule has 1 fully saturated rings. The molecule has 0 saturated carbocycles. The van der Waals surface area contributed by atoms with Crippen molar-refractivity contribution in [2.24, 2.45) is 0 Å². The lowest BCUT2D eigenvalue weighted by Gasteiger charge is -2.40. The summed E-state index contributed by atoms with van der Waals surface area (Å²) in [6.07, 6.45) is 3.66. The maximum absolute atomic E-state index is 9.72. The number of aromatic hydroxyl groups is 1. The second kappa shape index (κ2) is 5.16. The Morgan fingerprint density at radius 1 is 1.17 bits per heavy atom. The first-order valence-electron chi connectivity index (χ1n) is 6.79. The van der Waals surface area contributed by atoms with Crippen LogP contribution in [0.25, 0.3) is 0 Å². The van der Waals surface area contributed by atoms with Gasteiger partial charge < -0.3 is 5.11 Å². The summed E-state index contributed by atoms with van der Waals surface area (Å²) in [5.74, 6) is 0.408. The molecular weight excluding hydrogens is 243 g/mol. The Morgan fingerprint density at radius 3 is 2.72 bits per heavy atom. The van der Waals surface area contributed by atoms with Gasteiger partial charge in [-0.1, -0.05) is 15.5 Å². The van der Waals surface area contributed by atoms with Gasteiger partial charge in [0.1, 0.15) is 5.75 Å². The number of nitrogens with zero attached hydrogens (tertiary/aromatic N) is 2. The number of phenolic OH excluding ortho intramolecular Hbond substituents is 1. The van der Waals surface area contributed by atoms with Crippen LogP contribution in [0.1, 0.15) is 30.0 Å². The first kappa shape index (κ1) is 12.4. The second-order valence-electron chi connectivity index (χ2n) is 5.36. The van der Waals surface area contributed by atoms with Crippen LogP contribution in [0.2, 0.25) is 0 Å². The number of aryl methyl sites for hydroxylation is 1. The Morgan fingerprint density at radius 2 is 1.94 bits per heavy atom. The van der Waals surface area contributed by atoms with Gasteiger partial charge in [-0.25, -0.2) is 0 Å². The van der Waals surface area contributed by atoms with Gasteiger partial charge in [0.05, 0.1) is 0 Å². The molecule has 1 aliphatic heterocycles. The van der Waals surface area contributed by atoms with Gasteiger partial charge in [-0.3, -0.25) is 9.57 Å². The molecular formula is C14H21N2OP. The largest absolute Gasteiger partial charge is 0.508 e. The minimum atomic E-state index is 0.408. The molecule has 1 aromatic rings. The topological polar surface area (TPSA) is 26.7 Å². The van der Waals surface area contributed by atoms with E-state index in [1.165, 1.54) is 24.0 Å². The van der Waals surface area contributed by atoms with E-state index in [9.17, 15) is 5.11 Å². The van der Waals surface area contributed by atoms with E-state index in [4.69, 9.17) is 0 Å². The van der Waals surface area contributed by atoms with Crippen LogP contribution in [0.15, 0.2) is 18.2 Å². The molecule has 2 unspecified atom stereocenters. The van der Waals surface area contributed by atoms with Crippen LogP contribution in [-0.4, -0.2) is 40.9 Å². The summed E-state index contributed by atoms with van der Waals surface area (Å²) < 4.78 is 2.31. The maximum atomic E-state index is 9.72. The number of fused-ring (bicyclic) bond motifs is 1. The number of piperazine rings is 1. The normalized spacial score (nSPS) is 25.9. The highest BCUT2D eigenvalue weighted by atomic mass is 31.0. The van der Waals surface area contributed by atoms with Gasteiger partial charge in [-0.2, -0.15) is 0 Å². The zero-order chi connectivity index (χ0) is 12.5. The van der Waals surface area contributed by atoms with Gasteiger partial charge >= 0.3 is 0 Å². The molecule has 0 spiro atoms. The first-order valence-corrected chi connectivity index (χ1v) is 7.31. The Labute approximate surface area is 111 Å². The summed E-state index contributed by atoms with van der Waals surface area (Å²) in [5, 5.41) is 9.72. The van der Waals surface area contributed by atoms with Crippen molar-refractivity contribution in [1.82, 2.24) is 9.57 Å². The van der Waals surface area contributed by atoms with Crippen molar-refractivity contribution in [3.05, 3.63) is 29.3 Å². The molecule has 1 saturated heterocycles. The molecule has 3 rings (SSSR count). The smallest absolute Gasteiger partial charge is 0.115 e. The molecule has 18 heavy (non-hydrogen) atoms. The van der Waals surface area contributed by atoms with E-state index in [0.29, 0.717) is 11.8 Å². The molecule has 0 aromatic heterocycles. The molecule has 3 nitrogen and oxygen atoms in total. The van der Waals surface area contributed by atoms with Gasteiger partial charge in [0.2, 0.25) is 0 Å². The Kier molecular flexibility index (Phi) is 3.56. The fourth-order valence-corrected chi connectivity index (χ4v) is 3.42. The molecule has 0 radical (unpaired) electrons. The van der Waals surface area contributed by atoms with E-state index < -0.39 is 0 Å². The molecule has 2 aliphatic rings. The molecule has 1 aromatic carbocycles. The minimum absolute atomic E-state index is 0.408.